The summed E-state index contributed by atoms with van der Waals surface area (Å²) >= 11 is 0. The first-order valence-corrected chi connectivity index (χ1v) is 9.57. The van der Waals surface area contributed by atoms with Crippen molar-refractivity contribution in [2.45, 2.75) is 13.5 Å². The monoisotopic (exact) mass is 393 g/mol. The Morgan fingerprint density at radius 1 is 1.15 bits per heavy atom. The summed E-state index contributed by atoms with van der Waals surface area (Å²) in [6.07, 6.45) is -1.26. The van der Waals surface area contributed by atoms with Gasteiger partial charge in [0.05, 0.1) is 22.9 Å². The smallest absolute Gasteiger partial charge is 0.412 e. The van der Waals surface area contributed by atoms with Gasteiger partial charge >= 0.3 is 6.09 Å². The third-order valence-corrected chi connectivity index (χ3v) is 5.81. The number of nitro groups is 1. The summed E-state index contributed by atoms with van der Waals surface area (Å²) in [6, 6.07) is 11.7. The number of nitro benzene ring substituents is 1. The highest BCUT2D eigenvalue weighted by molar-refractivity contribution is 7.92. The van der Waals surface area contributed by atoms with Gasteiger partial charge in [-0.3, -0.25) is 19.3 Å². The van der Waals surface area contributed by atoms with Crippen molar-refractivity contribution in [3.05, 3.63) is 64.2 Å². The normalized spacial score (nSPS) is 11.0. The summed E-state index contributed by atoms with van der Waals surface area (Å²) in [4.78, 5) is 22.9. The van der Waals surface area contributed by atoms with E-state index in [4.69, 9.17) is 0 Å². The molecule has 144 valence electrons. The SMILES string of the molecule is CCS(=O)(=O)N(C)c1ccccc1CN(C(=O)O)c1ccc([N+](=O)[O-])cc1. The number of benzene rings is 2. The van der Waals surface area contributed by atoms with Gasteiger partial charge in [0.2, 0.25) is 10.0 Å². The lowest BCUT2D eigenvalue weighted by atomic mass is 10.1. The number of sulfonamides is 1. The van der Waals surface area contributed by atoms with Gasteiger partial charge in [-0.05, 0) is 30.7 Å². The number of hydrogen-bond acceptors (Lipinski definition) is 5. The highest BCUT2D eigenvalue weighted by Crippen LogP contribution is 2.27. The molecule has 0 aliphatic heterocycles. The van der Waals surface area contributed by atoms with Crippen LogP contribution in [0.15, 0.2) is 48.5 Å². The van der Waals surface area contributed by atoms with Crippen molar-refractivity contribution in [1.82, 2.24) is 0 Å². The van der Waals surface area contributed by atoms with Crippen LogP contribution < -0.4 is 9.21 Å². The van der Waals surface area contributed by atoms with E-state index in [0.717, 1.165) is 9.21 Å². The van der Waals surface area contributed by atoms with Gasteiger partial charge in [-0.2, -0.15) is 0 Å². The standard InChI is InChI=1S/C17H19N3O6S/c1-3-27(25,26)18(2)16-7-5-4-6-13(16)12-19(17(21)22)14-8-10-15(11-9-14)20(23)24/h4-11H,3,12H2,1-2H3,(H,21,22). The molecular formula is C17H19N3O6S. The minimum Gasteiger partial charge on any atom is -0.465 e. The molecule has 0 aliphatic carbocycles. The molecule has 0 saturated carbocycles. The van der Waals surface area contributed by atoms with E-state index >= 15 is 0 Å². The molecule has 0 bridgehead atoms. The average molecular weight is 393 g/mol. The van der Waals surface area contributed by atoms with Gasteiger partial charge < -0.3 is 5.11 Å². The van der Waals surface area contributed by atoms with E-state index in [-0.39, 0.29) is 23.7 Å². The third kappa shape index (κ3) is 4.53. The lowest BCUT2D eigenvalue weighted by molar-refractivity contribution is -0.384. The number of anilines is 2. The lowest BCUT2D eigenvalue weighted by Gasteiger charge is -2.25. The molecule has 0 fully saturated rings. The number of non-ortho nitro benzene ring substituents is 1. The Hall–Kier alpha value is -3.14. The molecule has 9 nitrogen and oxygen atoms in total. The minimum atomic E-state index is -3.52. The summed E-state index contributed by atoms with van der Waals surface area (Å²) in [5.41, 5.74) is 0.937. The van der Waals surface area contributed by atoms with Crippen molar-refractivity contribution in [1.29, 1.82) is 0 Å². The fraction of sp³-hybridized carbons (Fsp3) is 0.235. The van der Waals surface area contributed by atoms with Crippen molar-refractivity contribution in [2.75, 3.05) is 22.0 Å². The van der Waals surface area contributed by atoms with Crippen LogP contribution in [0.2, 0.25) is 0 Å². The number of nitrogens with zero attached hydrogens (tertiary/aromatic N) is 3. The summed E-state index contributed by atoms with van der Waals surface area (Å²) in [7, 11) is -2.11. The number of carboxylic acid groups (broad SMARTS) is 1. The Labute approximate surface area is 156 Å². The van der Waals surface area contributed by atoms with Crippen molar-refractivity contribution in [2.24, 2.45) is 0 Å². The maximum atomic E-state index is 12.2. The lowest BCUT2D eigenvalue weighted by Crippen LogP contribution is -2.32. The van der Waals surface area contributed by atoms with E-state index in [2.05, 4.69) is 0 Å². The first-order valence-electron chi connectivity index (χ1n) is 7.96. The second-order valence-electron chi connectivity index (χ2n) is 5.64. The fourth-order valence-electron chi connectivity index (χ4n) is 2.49. The second kappa shape index (κ2) is 8.04. The van der Waals surface area contributed by atoms with E-state index in [9.17, 15) is 28.4 Å². The first-order chi connectivity index (χ1) is 12.7. The van der Waals surface area contributed by atoms with Crippen molar-refractivity contribution in [3.63, 3.8) is 0 Å². The van der Waals surface area contributed by atoms with Crippen LogP contribution in [0.4, 0.5) is 21.9 Å². The zero-order valence-corrected chi connectivity index (χ0v) is 15.6. The topological polar surface area (TPSA) is 121 Å². The van der Waals surface area contributed by atoms with E-state index in [0.29, 0.717) is 11.3 Å². The molecule has 0 atom stereocenters. The maximum absolute atomic E-state index is 12.2. The highest BCUT2D eigenvalue weighted by Gasteiger charge is 2.22. The van der Waals surface area contributed by atoms with E-state index in [1.807, 2.05) is 0 Å². The van der Waals surface area contributed by atoms with Crippen LogP contribution >= 0.6 is 0 Å². The van der Waals surface area contributed by atoms with Gasteiger partial charge in [-0.15, -0.1) is 0 Å². The summed E-state index contributed by atoms with van der Waals surface area (Å²) < 4.78 is 25.5. The molecule has 0 aliphatic rings. The Balaban J connectivity index is 2.40. The quantitative estimate of drug-likeness (QED) is 0.570. The summed E-state index contributed by atoms with van der Waals surface area (Å²) in [6.45, 7) is 1.40. The van der Waals surface area contributed by atoms with Crippen molar-refractivity contribution >= 4 is 33.2 Å². The van der Waals surface area contributed by atoms with Crippen molar-refractivity contribution in [3.8, 4) is 0 Å². The third-order valence-electron chi connectivity index (χ3n) is 4.04. The molecule has 0 unspecified atom stereocenters. The molecule has 0 aromatic heterocycles. The number of carbonyl (C=O) groups is 1. The molecular weight excluding hydrogens is 374 g/mol. The number of hydrogen-bond donors (Lipinski definition) is 1. The zero-order valence-electron chi connectivity index (χ0n) is 14.8. The van der Waals surface area contributed by atoms with Gasteiger partial charge in [0.1, 0.15) is 0 Å². The zero-order chi connectivity index (χ0) is 20.2. The van der Waals surface area contributed by atoms with Gasteiger partial charge in [0, 0.05) is 24.9 Å². The molecule has 10 heteroatoms. The molecule has 2 rings (SSSR count). The fourth-order valence-corrected chi connectivity index (χ4v) is 3.35. The number of rotatable bonds is 7. The molecule has 0 radical (unpaired) electrons. The first kappa shape index (κ1) is 20.2. The molecule has 0 heterocycles. The van der Waals surface area contributed by atoms with Crippen LogP contribution in [-0.4, -0.2) is 37.3 Å². The molecule has 2 aromatic rings. The average Bonchev–Trinajstić information content (AvgIpc) is 2.65. The van der Waals surface area contributed by atoms with Crippen LogP contribution in [0, 0.1) is 10.1 Å². The van der Waals surface area contributed by atoms with Gasteiger partial charge in [0.25, 0.3) is 5.69 Å². The van der Waals surface area contributed by atoms with Crippen LogP contribution in [0.25, 0.3) is 0 Å². The Morgan fingerprint density at radius 2 is 1.74 bits per heavy atom. The summed E-state index contributed by atoms with van der Waals surface area (Å²) in [5.74, 6) is -0.0944. The van der Waals surface area contributed by atoms with Crippen LogP contribution in [-0.2, 0) is 16.6 Å². The van der Waals surface area contributed by atoms with Crippen LogP contribution in [0.5, 0.6) is 0 Å². The number of amides is 1. The maximum Gasteiger partial charge on any atom is 0.412 e. The Bertz CT molecular complexity index is 943. The molecule has 1 N–H and O–H groups in total. The van der Waals surface area contributed by atoms with Gasteiger partial charge in [0.15, 0.2) is 0 Å². The van der Waals surface area contributed by atoms with E-state index < -0.39 is 21.0 Å². The van der Waals surface area contributed by atoms with Crippen LogP contribution in [0.1, 0.15) is 12.5 Å². The predicted molar refractivity (Wildman–Crippen MR) is 102 cm³/mol. The summed E-state index contributed by atoms with van der Waals surface area (Å²) in [5, 5.41) is 20.3. The Kier molecular flexibility index (Phi) is 6.01. The van der Waals surface area contributed by atoms with Gasteiger partial charge in [-0.1, -0.05) is 18.2 Å². The minimum absolute atomic E-state index is 0.0944. The van der Waals surface area contributed by atoms with Crippen LogP contribution in [0.3, 0.4) is 0 Å². The Morgan fingerprint density at radius 3 is 2.26 bits per heavy atom. The van der Waals surface area contributed by atoms with E-state index in [1.165, 1.54) is 38.2 Å². The molecule has 2 aromatic carbocycles. The second-order valence-corrected chi connectivity index (χ2v) is 7.93. The predicted octanol–water partition coefficient (Wildman–Crippen LogP) is 3.07. The molecule has 0 spiro atoms. The molecule has 1 amide bonds. The number of para-hydroxylation sites is 1. The largest absolute Gasteiger partial charge is 0.465 e. The van der Waals surface area contributed by atoms with Gasteiger partial charge in [-0.25, -0.2) is 13.2 Å². The highest BCUT2D eigenvalue weighted by atomic mass is 32.2. The molecule has 27 heavy (non-hydrogen) atoms. The molecule has 0 saturated heterocycles. The van der Waals surface area contributed by atoms with Crippen molar-refractivity contribution < 1.29 is 23.2 Å². The van der Waals surface area contributed by atoms with E-state index in [1.54, 1.807) is 24.3 Å².